The molecular formula is C85H85N5. The maximum atomic E-state index is 5.36. The number of para-hydroxylation sites is 2. The van der Waals surface area contributed by atoms with Gasteiger partial charge in [0.05, 0.1) is 22.8 Å². The number of hydrogen-bond donors (Lipinski definition) is 1. The van der Waals surface area contributed by atoms with E-state index in [0.717, 1.165) is 89.9 Å². The molecule has 5 heteroatoms. The second-order valence-corrected chi connectivity index (χ2v) is 28.2. The highest BCUT2D eigenvalue weighted by Gasteiger charge is 2.25. The van der Waals surface area contributed by atoms with Crippen LogP contribution in [0.3, 0.4) is 0 Å². The zero-order valence-electron chi connectivity index (χ0n) is 55.0. The van der Waals surface area contributed by atoms with Gasteiger partial charge in [0.25, 0.3) is 0 Å². The third-order valence-electron chi connectivity index (χ3n) is 17.0. The average Bonchev–Trinajstić information content (AvgIpc) is 0.851. The SMILES string of the molecule is Cc1ccccc1-c1cc(-c2cc(C(C)(C)C)cc(C(C)(C)C)c2)cc(-c2cccc(N(c3ccccc3)c3cc4ccccc4cn3)c2)n1.Cc1ccccc1-c1cc(-c2cc(C(C)(C)C)cc(C(C)(C)C)c2)cc(-c2cccc(Nc3ccccc3)c2)n1. The van der Waals surface area contributed by atoms with E-state index in [4.69, 9.17) is 15.0 Å². The Labute approximate surface area is 535 Å². The summed E-state index contributed by atoms with van der Waals surface area (Å²) in [4.78, 5) is 17.8. The molecule has 0 aliphatic rings. The lowest BCUT2D eigenvalue weighted by molar-refractivity contribution is 0.568. The van der Waals surface area contributed by atoms with Gasteiger partial charge in [0.15, 0.2) is 0 Å². The van der Waals surface area contributed by atoms with Gasteiger partial charge < -0.3 is 5.32 Å². The fourth-order valence-corrected chi connectivity index (χ4v) is 11.4. The smallest absolute Gasteiger partial charge is 0.138 e. The number of benzene rings is 9. The van der Waals surface area contributed by atoms with Crippen molar-refractivity contribution in [3.8, 4) is 67.3 Å². The molecule has 0 radical (unpaired) electrons. The third kappa shape index (κ3) is 14.4. The molecule has 0 aliphatic carbocycles. The van der Waals surface area contributed by atoms with Crippen LogP contribution in [0.4, 0.5) is 28.6 Å². The van der Waals surface area contributed by atoms with Crippen LogP contribution in [0.15, 0.2) is 255 Å². The molecule has 90 heavy (non-hydrogen) atoms. The van der Waals surface area contributed by atoms with E-state index in [1.165, 1.54) is 50.1 Å². The van der Waals surface area contributed by atoms with E-state index >= 15 is 0 Å². The van der Waals surface area contributed by atoms with E-state index in [-0.39, 0.29) is 21.7 Å². The molecule has 9 aromatic carbocycles. The van der Waals surface area contributed by atoms with Crippen LogP contribution >= 0.6 is 0 Å². The summed E-state index contributed by atoms with van der Waals surface area (Å²) in [6, 6.07) is 88.8. The van der Waals surface area contributed by atoms with Gasteiger partial charge in [0.1, 0.15) is 5.82 Å². The number of nitrogens with one attached hydrogen (secondary N) is 1. The van der Waals surface area contributed by atoms with Gasteiger partial charge in [-0.2, -0.15) is 0 Å². The molecule has 5 nitrogen and oxygen atoms in total. The van der Waals surface area contributed by atoms with Crippen molar-refractivity contribution in [3.63, 3.8) is 0 Å². The molecule has 0 unspecified atom stereocenters. The molecule has 450 valence electrons. The fourth-order valence-electron chi connectivity index (χ4n) is 11.4. The first kappa shape index (κ1) is 61.9. The van der Waals surface area contributed by atoms with Gasteiger partial charge in [0, 0.05) is 56.6 Å². The van der Waals surface area contributed by atoms with E-state index in [0.29, 0.717) is 0 Å². The number of pyridine rings is 3. The van der Waals surface area contributed by atoms with Gasteiger partial charge in [-0.25, -0.2) is 15.0 Å². The van der Waals surface area contributed by atoms with E-state index in [1.54, 1.807) is 0 Å². The van der Waals surface area contributed by atoms with Crippen molar-refractivity contribution in [2.45, 2.75) is 119 Å². The normalized spacial score (nSPS) is 11.9. The Kier molecular flexibility index (Phi) is 17.5. The number of anilines is 5. The van der Waals surface area contributed by atoms with Crippen molar-refractivity contribution < 1.29 is 0 Å². The average molecular weight is 1180 g/mol. The van der Waals surface area contributed by atoms with Crippen molar-refractivity contribution in [1.82, 2.24) is 15.0 Å². The lowest BCUT2D eigenvalue weighted by Crippen LogP contribution is -2.16. The molecule has 3 heterocycles. The number of rotatable bonds is 11. The van der Waals surface area contributed by atoms with Crippen molar-refractivity contribution >= 4 is 39.3 Å². The standard InChI is InChI=1S/C47H45N3.C38H40N2/c1-32-16-11-14-23-42(32)44-28-37(36-24-38(46(2,3)4)30-39(25-36)47(5,6)7)27-43(49-44)34-19-15-22-41(26-34)50(40-20-9-8-10-21-40)45-29-33-17-12-13-18-35(33)31-48-45;1-26-14-11-12-19-34(26)36-24-29(28-20-30(37(2,3)4)25-31(21-28)38(5,6)7)23-35(40-36)27-15-13-18-33(22-27)39-32-16-9-8-10-17-32/h8-31H,1-7H3;8-25,39H,1-7H3. The number of fused-ring (bicyclic) bond motifs is 1. The van der Waals surface area contributed by atoms with Crippen LogP contribution in [0.25, 0.3) is 78.1 Å². The van der Waals surface area contributed by atoms with Crippen LogP contribution in [0.5, 0.6) is 0 Å². The van der Waals surface area contributed by atoms with Crippen LogP contribution in [-0.4, -0.2) is 15.0 Å². The Bertz CT molecular complexity index is 4450. The van der Waals surface area contributed by atoms with Gasteiger partial charge in [-0.05, 0) is 175 Å². The summed E-state index contributed by atoms with van der Waals surface area (Å²) in [7, 11) is 0. The molecule has 0 atom stereocenters. The highest BCUT2D eigenvalue weighted by molar-refractivity contribution is 5.88. The summed E-state index contributed by atoms with van der Waals surface area (Å²) in [5.41, 5.74) is 25.1. The maximum absolute atomic E-state index is 5.36. The van der Waals surface area contributed by atoms with Gasteiger partial charge >= 0.3 is 0 Å². The third-order valence-corrected chi connectivity index (χ3v) is 17.0. The molecule has 0 amide bonds. The number of aryl methyl sites for hydroxylation is 2. The van der Waals surface area contributed by atoms with Gasteiger partial charge in [0.2, 0.25) is 0 Å². The van der Waals surface area contributed by atoms with E-state index < -0.39 is 0 Å². The van der Waals surface area contributed by atoms with Crippen molar-refractivity contribution in [1.29, 1.82) is 0 Å². The van der Waals surface area contributed by atoms with Crippen LogP contribution in [0, 0.1) is 13.8 Å². The van der Waals surface area contributed by atoms with Crippen LogP contribution in [0.1, 0.15) is 116 Å². The van der Waals surface area contributed by atoms with Crippen LogP contribution in [0.2, 0.25) is 0 Å². The lowest BCUT2D eigenvalue weighted by Gasteiger charge is -2.26. The quantitative estimate of drug-likeness (QED) is 0.140. The monoisotopic (exact) mass is 1180 g/mol. The summed E-state index contributed by atoms with van der Waals surface area (Å²) in [5, 5.41) is 5.81. The molecule has 0 fully saturated rings. The molecule has 1 N–H and O–H groups in total. The molecule has 0 bridgehead atoms. The Morgan fingerprint density at radius 1 is 0.300 bits per heavy atom. The predicted molar refractivity (Wildman–Crippen MR) is 385 cm³/mol. The summed E-state index contributed by atoms with van der Waals surface area (Å²) in [5.74, 6) is 0.864. The highest BCUT2D eigenvalue weighted by Crippen LogP contribution is 2.42. The summed E-state index contributed by atoms with van der Waals surface area (Å²) in [6.07, 6.45) is 1.96. The molecule has 12 aromatic rings. The van der Waals surface area contributed by atoms with Gasteiger partial charge in [-0.15, -0.1) is 0 Å². The molecular weight excluding hydrogens is 1090 g/mol. The Morgan fingerprint density at radius 3 is 1.18 bits per heavy atom. The summed E-state index contributed by atoms with van der Waals surface area (Å²) in [6.45, 7) is 31.8. The van der Waals surface area contributed by atoms with Crippen LogP contribution in [-0.2, 0) is 21.7 Å². The maximum Gasteiger partial charge on any atom is 0.138 e. The topological polar surface area (TPSA) is 53.9 Å². The molecule has 0 aliphatic heterocycles. The van der Waals surface area contributed by atoms with E-state index in [9.17, 15) is 0 Å². The van der Waals surface area contributed by atoms with Crippen molar-refractivity contribution in [2.75, 3.05) is 10.2 Å². The Hall–Kier alpha value is -9.71. The van der Waals surface area contributed by atoms with E-state index in [2.05, 4.69) is 332 Å². The Balaban J connectivity index is 0.000000190. The molecule has 0 saturated heterocycles. The second kappa shape index (κ2) is 25.4. The fraction of sp³-hybridized carbons (Fsp3) is 0.212. The number of nitrogens with zero attached hydrogens (tertiary/aromatic N) is 4. The minimum atomic E-state index is 0.0107. The van der Waals surface area contributed by atoms with Gasteiger partial charge in [-0.1, -0.05) is 253 Å². The van der Waals surface area contributed by atoms with E-state index in [1.807, 2.05) is 30.5 Å². The predicted octanol–water partition coefficient (Wildman–Crippen LogP) is 23.7. The largest absolute Gasteiger partial charge is 0.356 e. The lowest BCUT2D eigenvalue weighted by atomic mass is 9.79. The van der Waals surface area contributed by atoms with Crippen molar-refractivity contribution in [3.05, 3.63) is 288 Å². The first-order valence-electron chi connectivity index (χ1n) is 31.6. The minimum Gasteiger partial charge on any atom is -0.356 e. The summed E-state index contributed by atoms with van der Waals surface area (Å²) >= 11 is 0. The highest BCUT2D eigenvalue weighted by atomic mass is 15.2. The number of hydrogen-bond acceptors (Lipinski definition) is 5. The molecule has 0 spiro atoms. The van der Waals surface area contributed by atoms with Crippen molar-refractivity contribution in [2.24, 2.45) is 0 Å². The van der Waals surface area contributed by atoms with Gasteiger partial charge in [-0.3, -0.25) is 4.90 Å². The first-order chi connectivity index (χ1) is 42.9. The Morgan fingerprint density at radius 2 is 0.689 bits per heavy atom. The second-order valence-electron chi connectivity index (χ2n) is 28.2. The zero-order chi connectivity index (χ0) is 63.5. The van der Waals surface area contributed by atoms with Crippen LogP contribution < -0.4 is 10.2 Å². The first-order valence-corrected chi connectivity index (χ1v) is 31.6. The molecule has 3 aromatic heterocycles. The minimum absolute atomic E-state index is 0.0107. The molecule has 0 saturated carbocycles. The number of aromatic nitrogens is 3. The molecule has 12 rings (SSSR count). The summed E-state index contributed by atoms with van der Waals surface area (Å²) < 4.78 is 0. The zero-order valence-corrected chi connectivity index (χ0v) is 55.0.